The number of nitriles is 1. The molecule has 1 aromatic heterocycles. The van der Waals surface area contributed by atoms with Crippen LogP contribution < -0.4 is 0 Å². The van der Waals surface area contributed by atoms with E-state index in [1.54, 1.807) is 11.3 Å². The fourth-order valence-corrected chi connectivity index (χ4v) is 2.99. The first kappa shape index (κ1) is 9.67. The van der Waals surface area contributed by atoms with Crippen LogP contribution in [0.2, 0.25) is 0 Å². The molecule has 2 rings (SSSR count). The van der Waals surface area contributed by atoms with Crippen LogP contribution in [0.4, 0.5) is 0 Å². The van der Waals surface area contributed by atoms with E-state index in [1.165, 1.54) is 42.7 Å². The molecule has 0 atom stereocenters. The summed E-state index contributed by atoms with van der Waals surface area (Å²) in [5, 5.41) is 9.62. The Bertz CT molecular complexity index is 323. The summed E-state index contributed by atoms with van der Waals surface area (Å²) in [6, 6.07) is 2.17. The maximum atomic E-state index is 8.61. The van der Waals surface area contributed by atoms with Gasteiger partial charge in [0.05, 0.1) is 18.2 Å². The molecule has 3 heteroatoms. The number of hydrogen-bond acceptors (Lipinski definition) is 3. The van der Waals surface area contributed by atoms with Gasteiger partial charge in [-0.3, -0.25) is 0 Å². The van der Waals surface area contributed by atoms with Crippen LogP contribution in [0, 0.1) is 11.3 Å². The van der Waals surface area contributed by atoms with Crippen LogP contribution in [0.1, 0.15) is 41.3 Å². The van der Waals surface area contributed by atoms with E-state index in [4.69, 9.17) is 5.26 Å². The third-order valence-corrected chi connectivity index (χ3v) is 3.78. The minimum absolute atomic E-state index is 0.484. The van der Waals surface area contributed by atoms with Crippen LogP contribution in [0.15, 0.2) is 0 Å². The van der Waals surface area contributed by atoms with Gasteiger partial charge in [-0.15, -0.1) is 11.3 Å². The lowest BCUT2D eigenvalue weighted by atomic mass is 10.0. The molecule has 1 aromatic rings. The van der Waals surface area contributed by atoms with Crippen molar-refractivity contribution in [3.05, 3.63) is 15.6 Å². The predicted molar refractivity (Wildman–Crippen MR) is 57.3 cm³/mol. The molecule has 0 N–H and O–H groups in total. The van der Waals surface area contributed by atoms with E-state index in [0.717, 1.165) is 11.4 Å². The second kappa shape index (κ2) is 4.56. The van der Waals surface area contributed by atoms with E-state index < -0.39 is 0 Å². The molecule has 1 aliphatic rings. The molecule has 0 aliphatic heterocycles. The number of aromatic nitrogens is 1. The molecule has 0 saturated carbocycles. The molecular formula is C11H14N2S. The molecule has 0 unspecified atom stereocenters. The fraction of sp³-hybridized carbons (Fsp3) is 0.636. The van der Waals surface area contributed by atoms with E-state index in [9.17, 15) is 0 Å². The first-order chi connectivity index (χ1) is 6.90. The molecule has 0 aromatic carbocycles. The normalized spacial score (nSPS) is 16.5. The van der Waals surface area contributed by atoms with Gasteiger partial charge in [-0.05, 0) is 25.7 Å². The lowest BCUT2D eigenvalue weighted by Gasteiger charge is -2.06. The molecule has 0 saturated heterocycles. The highest BCUT2D eigenvalue weighted by molar-refractivity contribution is 7.11. The van der Waals surface area contributed by atoms with Crippen molar-refractivity contribution < 1.29 is 0 Å². The molecule has 74 valence electrons. The molecule has 1 aliphatic carbocycles. The van der Waals surface area contributed by atoms with Gasteiger partial charge < -0.3 is 0 Å². The first-order valence-electron chi connectivity index (χ1n) is 5.24. The Labute approximate surface area is 88.6 Å². The molecule has 0 fully saturated rings. The second-order valence-corrected chi connectivity index (χ2v) is 4.89. The molecule has 2 nitrogen and oxygen atoms in total. The predicted octanol–water partition coefficient (Wildman–Crippen LogP) is 2.87. The van der Waals surface area contributed by atoms with Crippen molar-refractivity contribution in [2.75, 3.05) is 0 Å². The lowest BCUT2D eigenvalue weighted by molar-refractivity contribution is 0.615. The zero-order chi connectivity index (χ0) is 9.80. The van der Waals surface area contributed by atoms with Gasteiger partial charge in [0.25, 0.3) is 0 Å². The van der Waals surface area contributed by atoms with E-state index in [0.29, 0.717) is 6.42 Å². The minimum Gasteiger partial charge on any atom is -0.245 e. The molecular weight excluding hydrogens is 192 g/mol. The topological polar surface area (TPSA) is 36.7 Å². The Kier molecular flexibility index (Phi) is 3.15. The van der Waals surface area contributed by atoms with Crippen molar-refractivity contribution in [2.24, 2.45) is 0 Å². The number of nitrogens with zero attached hydrogens (tertiary/aromatic N) is 2. The Hall–Kier alpha value is -0.880. The molecule has 14 heavy (non-hydrogen) atoms. The Balaban J connectivity index is 2.19. The molecule has 0 bridgehead atoms. The van der Waals surface area contributed by atoms with Crippen LogP contribution in [-0.4, -0.2) is 4.98 Å². The average Bonchev–Trinajstić information content (AvgIpc) is 2.48. The van der Waals surface area contributed by atoms with Crippen LogP contribution in [0.3, 0.4) is 0 Å². The summed E-state index contributed by atoms with van der Waals surface area (Å²) in [5.41, 5.74) is 1.28. The summed E-state index contributed by atoms with van der Waals surface area (Å²) in [6.45, 7) is 0. The van der Waals surface area contributed by atoms with Gasteiger partial charge in [-0.1, -0.05) is 12.8 Å². The Morgan fingerprint density at radius 2 is 2.00 bits per heavy atom. The van der Waals surface area contributed by atoms with Gasteiger partial charge in [0.15, 0.2) is 0 Å². The standard InChI is InChI=1S/C11H14N2S/c12-8-7-11-13-9-5-3-1-2-4-6-10(9)14-11/h1-7H2. The van der Waals surface area contributed by atoms with Crippen molar-refractivity contribution in [3.8, 4) is 6.07 Å². The zero-order valence-electron chi connectivity index (χ0n) is 8.25. The van der Waals surface area contributed by atoms with Gasteiger partial charge in [0, 0.05) is 4.88 Å². The van der Waals surface area contributed by atoms with Crippen molar-refractivity contribution in [3.63, 3.8) is 0 Å². The third kappa shape index (κ3) is 2.13. The van der Waals surface area contributed by atoms with E-state index in [2.05, 4.69) is 11.1 Å². The summed E-state index contributed by atoms with van der Waals surface area (Å²) >= 11 is 1.75. The summed E-state index contributed by atoms with van der Waals surface area (Å²) in [4.78, 5) is 5.98. The summed E-state index contributed by atoms with van der Waals surface area (Å²) in [7, 11) is 0. The van der Waals surface area contributed by atoms with Crippen molar-refractivity contribution >= 4 is 11.3 Å². The fourth-order valence-electron chi connectivity index (χ4n) is 1.90. The van der Waals surface area contributed by atoms with Gasteiger partial charge in [-0.2, -0.15) is 5.26 Å². The highest BCUT2D eigenvalue weighted by Crippen LogP contribution is 2.25. The Morgan fingerprint density at radius 3 is 2.79 bits per heavy atom. The molecule has 0 amide bonds. The maximum absolute atomic E-state index is 8.61. The summed E-state index contributed by atoms with van der Waals surface area (Å²) < 4.78 is 0. The van der Waals surface area contributed by atoms with Crippen LogP contribution in [0.5, 0.6) is 0 Å². The molecule has 1 heterocycles. The summed E-state index contributed by atoms with van der Waals surface area (Å²) in [6.07, 6.45) is 8.03. The monoisotopic (exact) mass is 206 g/mol. The third-order valence-electron chi connectivity index (χ3n) is 2.62. The number of aryl methyl sites for hydroxylation is 2. The van der Waals surface area contributed by atoms with Crippen LogP contribution in [-0.2, 0) is 19.3 Å². The maximum Gasteiger partial charge on any atom is 0.107 e. The van der Waals surface area contributed by atoms with Crippen LogP contribution >= 0.6 is 11.3 Å². The number of fused-ring (bicyclic) bond motifs is 1. The largest absolute Gasteiger partial charge is 0.245 e. The summed E-state index contributed by atoms with van der Waals surface area (Å²) in [5.74, 6) is 0. The van der Waals surface area contributed by atoms with E-state index >= 15 is 0 Å². The van der Waals surface area contributed by atoms with Gasteiger partial charge in [-0.25, -0.2) is 4.98 Å². The zero-order valence-corrected chi connectivity index (χ0v) is 9.07. The van der Waals surface area contributed by atoms with Crippen molar-refractivity contribution in [1.82, 2.24) is 4.98 Å². The number of hydrogen-bond donors (Lipinski definition) is 0. The van der Waals surface area contributed by atoms with E-state index in [1.807, 2.05) is 0 Å². The average molecular weight is 206 g/mol. The molecule has 0 spiro atoms. The quantitative estimate of drug-likeness (QED) is 0.708. The van der Waals surface area contributed by atoms with E-state index in [-0.39, 0.29) is 0 Å². The van der Waals surface area contributed by atoms with Crippen molar-refractivity contribution in [1.29, 1.82) is 5.26 Å². The highest BCUT2D eigenvalue weighted by Gasteiger charge is 2.12. The van der Waals surface area contributed by atoms with Gasteiger partial charge >= 0.3 is 0 Å². The number of thiazole rings is 1. The first-order valence-corrected chi connectivity index (χ1v) is 6.06. The lowest BCUT2D eigenvalue weighted by Crippen LogP contribution is -1.96. The van der Waals surface area contributed by atoms with Gasteiger partial charge in [0.2, 0.25) is 0 Å². The SMILES string of the molecule is N#CCc1nc2c(s1)CCCCCC2. The van der Waals surface area contributed by atoms with Crippen molar-refractivity contribution in [2.45, 2.75) is 44.9 Å². The second-order valence-electron chi connectivity index (χ2n) is 3.73. The molecule has 0 radical (unpaired) electrons. The number of rotatable bonds is 1. The highest BCUT2D eigenvalue weighted by atomic mass is 32.1. The van der Waals surface area contributed by atoms with Crippen LogP contribution in [0.25, 0.3) is 0 Å². The van der Waals surface area contributed by atoms with Gasteiger partial charge in [0.1, 0.15) is 5.01 Å². The Morgan fingerprint density at radius 1 is 1.21 bits per heavy atom. The minimum atomic E-state index is 0.484. The smallest absolute Gasteiger partial charge is 0.107 e.